The lowest BCUT2D eigenvalue weighted by atomic mass is 9.80. The van der Waals surface area contributed by atoms with Crippen LogP contribution in [0.5, 0.6) is 0 Å². The Morgan fingerprint density at radius 2 is 1.76 bits per heavy atom. The highest BCUT2D eigenvalue weighted by molar-refractivity contribution is 6.62. The summed E-state index contributed by atoms with van der Waals surface area (Å²) in [5, 5.41) is 3.88. The first kappa shape index (κ1) is 14.2. The van der Waals surface area contributed by atoms with Crippen molar-refractivity contribution in [2.24, 2.45) is 0 Å². The molecule has 0 amide bonds. The molecule has 0 N–H and O–H groups in total. The maximum atomic E-state index is 13.0. The van der Waals surface area contributed by atoms with E-state index in [1.54, 1.807) is 12.3 Å². The fourth-order valence-corrected chi connectivity index (χ4v) is 2.08. The van der Waals surface area contributed by atoms with E-state index in [-0.39, 0.29) is 11.2 Å². The van der Waals surface area contributed by atoms with E-state index in [0.717, 1.165) is 11.7 Å². The van der Waals surface area contributed by atoms with Crippen molar-refractivity contribution in [1.82, 2.24) is 14.8 Å². The molecule has 0 radical (unpaired) electrons. The van der Waals surface area contributed by atoms with Crippen molar-refractivity contribution < 1.29 is 13.7 Å². The molecule has 0 aromatic carbocycles. The van der Waals surface area contributed by atoms with Gasteiger partial charge in [-0.3, -0.25) is 0 Å². The monoisotopic (exact) mass is 289 g/mol. The first-order valence-corrected chi connectivity index (χ1v) is 6.81. The average molecular weight is 289 g/mol. The minimum Gasteiger partial charge on any atom is -0.399 e. The van der Waals surface area contributed by atoms with E-state index in [9.17, 15) is 4.39 Å². The fraction of sp³-hybridized carbons (Fsp3) is 0.429. The number of hydrogen-bond donors (Lipinski definition) is 0. The highest BCUT2D eigenvalue weighted by atomic mass is 19.1. The molecule has 1 aliphatic heterocycles. The van der Waals surface area contributed by atoms with Crippen LogP contribution in [0, 0.1) is 5.82 Å². The lowest BCUT2D eigenvalue weighted by molar-refractivity contribution is 0.00578. The minimum absolute atomic E-state index is 0.387. The number of halogens is 1. The quantitative estimate of drug-likeness (QED) is 0.790. The molecule has 110 valence electrons. The van der Waals surface area contributed by atoms with Crippen LogP contribution in [0.15, 0.2) is 30.7 Å². The number of hydrogen-bond acceptors (Lipinski definition) is 4. The van der Waals surface area contributed by atoms with E-state index >= 15 is 0 Å². The highest BCUT2D eigenvalue weighted by Gasteiger charge is 2.51. The van der Waals surface area contributed by atoms with Crippen LogP contribution >= 0.6 is 0 Å². The third kappa shape index (κ3) is 2.47. The number of nitrogens with zero attached hydrogens (tertiary/aromatic N) is 3. The van der Waals surface area contributed by atoms with E-state index in [2.05, 4.69) is 10.1 Å². The molecule has 0 saturated carbocycles. The molecule has 0 unspecified atom stereocenters. The predicted molar refractivity (Wildman–Crippen MR) is 77.0 cm³/mol. The topological polar surface area (TPSA) is 49.2 Å². The average Bonchev–Trinajstić information content (AvgIpc) is 2.92. The first-order chi connectivity index (χ1) is 9.78. The maximum absolute atomic E-state index is 13.0. The second-order valence-corrected chi connectivity index (χ2v) is 6.14. The number of rotatable bonds is 2. The van der Waals surface area contributed by atoms with Crippen LogP contribution in [0.2, 0.25) is 0 Å². The Kier molecular flexibility index (Phi) is 3.14. The van der Waals surface area contributed by atoms with Crippen molar-refractivity contribution in [3.8, 4) is 5.82 Å². The third-order valence-corrected chi connectivity index (χ3v) is 4.08. The van der Waals surface area contributed by atoms with Gasteiger partial charge < -0.3 is 9.31 Å². The zero-order valence-electron chi connectivity index (χ0n) is 12.5. The van der Waals surface area contributed by atoms with Crippen LogP contribution in [0.1, 0.15) is 27.7 Å². The van der Waals surface area contributed by atoms with E-state index < -0.39 is 12.9 Å². The summed E-state index contributed by atoms with van der Waals surface area (Å²) >= 11 is 0. The molecule has 1 fully saturated rings. The predicted octanol–water partition coefficient (Wildman–Crippen LogP) is 1.71. The van der Waals surface area contributed by atoms with Crippen molar-refractivity contribution >= 4 is 12.6 Å². The first-order valence-electron chi connectivity index (χ1n) is 6.81. The Morgan fingerprint density at radius 3 is 2.24 bits per heavy atom. The summed E-state index contributed by atoms with van der Waals surface area (Å²) < 4.78 is 26.2. The molecule has 2 aromatic rings. The maximum Gasteiger partial charge on any atom is 0.496 e. The third-order valence-electron chi connectivity index (χ3n) is 4.08. The molecule has 21 heavy (non-hydrogen) atoms. The Morgan fingerprint density at radius 1 is 1.10 bits per heavy atom. The van der Waals surface area contributed by atoms with Crippen LogP contribution < -0.4 is 5.46 Å². The normalized spacial score (nSPS) is 20.0. The molecule has 0 bridgehead atoms. The molecule has 2 aromatic heterocycles. The second kappa shape index (κ2) is 4.64. The molecular formula is C14H17BFN3O2. The Labute approximate surface area is 123 Å². The van der Waals surface area contributed by atoms with Crippen molar-refractivity contribution in [3.05, 3.63) is 36.5 Å². The van der Waals surface area contributed by atoms with E-state index in [1.165, 1.54) is 10.9 Å². The van der Waals surface area contributed by atoms with E-state index in [4.69, 9.17) is 9.31 Å². The summed E-state index contributed by atoms with van der Waals surface area (Å²) in [7, 11) is -0.453. The highest BCUT2D eigenvalue weighted by Crippen LogP contribution is 2.36. The SMILES string of the molecule is CC1(C)OB(c2ccc(-n3cc(F)cn3)nc2)OC1(C)C. The number of aromatic nitrogens is 3. The van der Waals surface area contributed by atoms with Crippen molar-refractivity contribution in [1.29, 1.82) is 0 Å². The van der Waals surface area contributed by atoms with Gasteiger partial charge in [0.05, 0.1) is 23.6 Å². The molecule has 3 heterocycles. The van der Waals surface area contributed by atoms with Gasteiger partial charge in [-0.25, -0.2) is 14.1 Å². The molecule has 0 aliphatic carbocycles. The van der Waals surface area contributed by atoms with Gasteiger partial charge in [0, 0.05) is 11.7 Å². The molecule has 3 rings (SSSR count). The van der Waals surface area contributed by atoms with Crippen LogP contribution in [0.25, 0.3) is 5.82 Å². The summed E-state index contributed by atoms with van der Waals surface area (Å²) in [5.41, 5.74) is 0.0492. The van der Waals surface area contributed by atoms with Gasteiger partial charge in [-0.1, -0.05) is 6.07 Å². The summed E-state index contributed by atoms with van der Waals surface area (Å²) in [6.07, 6.45) is 4.08. The van der Waals surface area contributed by atoms with Crippen molar-refractivity contribution in [3.63, 3.8) is 0 Å². The molecule has 7 heteroatoms. The molecule has 0 spiro atoms. The largest absolute Gasteiger partial charge is 0.496 e. The van der Waals surface area contributed by atoms with Gasteiger partial charge in [-0.05, 0) is 33.8 Å². The van der Waals surface area contributed by atoms with Crippen LogP contribution in [-0.4, -0.2) is 33.1 Å². The van der Waals surface area contributed by atoms with Gasteiger partial charge in [-0.2, -0.15) is 5.10 Å². The molecule has 1 aliphatic rings. The van der Waals surface area contributed by atoms with Crippen LogP contribution in [0.4, 0.5) is 4.39 Å². The van der Waals surface area contributed by atoms with E-state index in [1.807, 2.05) is 33.8 Å². The zero-order valence-corrected chi connectivity index (χ0v) is 12.5. The Hall–Kier alpha value is -1.73. The second-order valence-electron chi connectivity index (χ2n) is 6.14. The van der Waals surface area contributed by atoms with Gasteiger partial charge in [-0.15, -0.1) is 0 Å². The van der Waals surface area contributed by atoms with Crippen LogP contribution in [-0.2, 0) is 9.31 Å². The van der Waals surface area contributed by atoms with Gasteiger partial charge in [0.2, 0.25) is 0 Å². The molecular weight excluding hydrogens is 272 g/mol. The van der Waals surface area contributed by atoms with Crippen LogP contribution in [0.3, 0.4) is 0 Å². The summed E-state index contributed by atoms with van der Waals surface area (Å²) in [6, 6.07) is 3.61. The van der Waals surface area contributed by atoms with Gasteiger partial charge in [0.1, 0.15) is 0 Å². The summed E-state index contributed by atoms with van der Waals surface area (Å²) in [4.78, 5) is 4.28. The summed E-state index contributed by atoms with van der Waals surface area (Å²) in [5.74, 6) is 0.144. The van der Waals surface area contributed by atoms with Gasteiger partial charge in [0.25, 0.3) is 0 Å². The molecule has 0 atom stereocenters. The summed E-state index contributed by atoms with van der Waals surface area (Å²) in [6.45, 7) is 8.01. The smallest absolute Gasteiger partial charge is 0.399 e. The molecule has 1 saturated heterocycles. The van der Waals surface area contributed by atoms with E-state index in [0.29, 0.717) is 5.82 Å². The van der Waals surface area contributed by atoms with Crippen molar-refractivity contribution in [2.45, 2.75) is 38.9 Å². The number of pyridine rings is 1. The standard InChI is InChI=1S/C14H17BFN3O2/c1-13(2)14(3,4)21-15(20-13)10-5-6-12(17-7-10)19-9-11(16)8-18-19/h5-9H,1-4H3. The van der Waals surface area contributed by atoms with Crippen molar-refractivity contribution in [2.75, 3.05) is 0 Å². The lowest BCUT2D eigenvalue weighted by Crippen LogP contribution is -2.41. The lowest BCUT2D eigenvalue weighted by Gasteiger charge is -2.32. The fourth-order valence-electron chi connectivity index (χ4n) is 2.08. The Balaban J connectivity index is 1.83. The minimum atomic E-state index is -0.453. The van der Waals surface area contributed by atoms with Gasteiger partial charge in [0.15, 0.2) is 11.6 Å². The Bertz CT molecular complexity index is 638. The zero-order chi connectivity index (χ0) is 15.3. The molecule has 5 nitrogen and oxygen atoms in total. The van der Waals surface area contributed by atoms with Gasteiger partial charge >= 0.3 is 7.12 Å².